The van der Waals surface area contributed by atoms with Gasteiger partial charge in [-0.3, -0.25) is 14.4 Å². The minimum atomic E-state index is -4.59. The van der Waals surface area contributed by atoms with Gasteiger partial charge in [0.05, 0.1) is 21.5 Å². The third-order valence-electron chi connectivity index (χ3n) is 6.04. The molecule has 0 aliphatic heterocycles. The monoisotopic (exact) mass is 657 g/mol. The van der Waals surface area contributed by atoms with E-state index in [1.54, 1.807) is 85.8 Å². The van der Waals surface area contributed by atoms with Gasteiger partial charge in [-0.05, 0) is 79.2 Å². The number of amides is 3. The van der Waals surface area contributed by atoms with E-state index in [1.807, 2.05) is 0 Å². The SMILES string of the molecule is CC(Sc1cccc(NC(=O)/C(=C/c2ccc(Cl)cc2)NC(=O)c2ccccc2)c1)C(=O)Nc1cc(C(F)(F)F)ccc1Cl. The zero-order valence-electron chi connectivity index (χ0n) is 22.9. The molecule has 0 aliphatic rings. The average Bonchev–Trinajstić information content (AvgIpc) is 2.99. The second-order valence-corrected chi connectivity index (χ2v) is 11.6. The molecule has 0 aliphatic carbocycles. The second-order valence-electron chi connectivity index (χ2n) is 9.35. The Hall–Kier alpha value is -4.25. The van der Waals surface area contributed by atoms with Crippen molar-refractivity contribution in [2.75, 3.05) is 10.6 Å². The van der Waals surface area contributed by atoms with Gasteiger partial charge in [0.1, 0.15) is 5.70 Å². The molecule has 0 heterocycles. The minimum Gasteiger partial charge on any atom is -0.324 e. The Morgan fingerprint density at radius 3 is 2.23 bits per heavy atom. The fourth-order valence-electron chi connectivity index (χ4n) is 3.80. The molecule has 12 heteroatoms. The van der Waals surface area contributed by atoms with Crippen molar-refractivity contribution in [2.45, 2.75) is 23.2 Å². The molecule has 1 atom stereocenters. The van der Waals surface area contributed by atoms with E-state index in [2.05, 4.69) is 16.0 Å². The number of rotatable bonds is 9. The van der Waals surface area contributed by atoms with Gasteiger partial charge in [0, 0.05) is 21.2 Å². The summed E-state index contributed by atoms with van der Waals surface area (Å²) >= 11 is 13.1. The van der Waals surface area contributed by atoms with Crippen molar-refractivity contribution in [3.63, 3.8) is 0 Å². The van der Waals surface area contributed by atoms with Gasteiger partial charge in [0.2, 0.25) is 5.91 Å². The number of hydrogen-bond donors (Lipinski definition) is 3. The highest BCUT2D eigenvalue weighted by atomic mass is 35.5. The molecule has 0 bridgehead atoms. The van der Waals surface area contributed by atoms with Crippen LogP contribution in [0.3, 0.4) is 0 Å². The number of nitrogens with one attached hydrogen (secondary N) is 3. The molecule has 6 nitrogen and oxygen atoms in total. The molecule has 0 fully saturated rings. The third kappa shape index (κ3) is 9.12. The Balaban J connectivity index is 1.47. The molecule has 4 rings (SSSR count). The molecular formula is C32H24Cl2F3N3O3S. The fraction of sp³-hybridized carbons (Fsp3) is 0.0938. The van der Waals surface area contributed by atoms with Gasteiger partial charge in [-0.25, -0.2) is 0 Å². The highest BCUT2D eigenvalue weighted by Gasteiger charge is 2.31. The van der Waals surface area contributed by atoms with Crippen molar-refractivity contribution in [2.24, 2.45) is 0 Å². The summed E-state index contributed by atoms with van der Waals surface area (Å²) in [5.41, 5.74) is 0.245. The Kier molecular flexibility index (Phi) is 10.7. The highest BCUT2D eigenvalue weighted by molar-refractivity contribution is 8.00. The lowest BCUT2D eigenvalue weighted by atomic mass is 10.1. The molecule has 0 spiro atoms. The van der Waals surface area contributed by atoms with E-state index in [0.717, 1.165) is 30.0 Å². The van der Waals surface area contributed by atoms with Crippen LogP contribution in [0, 0.1) is 0 Å². The molecule has 1 unspecified atom stereocenters. The number of anilines is 2. The van der Waals surface area contributed by atoms with Crippen LogP contribution in [0.15, 0.2) is 108 Å². The van der Waals surface area contributed by atoms with Crippen molar-refractivity contribution < 1.29 is 27.6 Å². The highest BCUT2D eigenvalue weighted by Crippen LogP contribution is 2.34. The fourth-order valence-corrected chi connectivity index (χ4v) is 5.02. The van der Waals surface area contributed by atoms with E-state index in [9.17, 15) is 27.6 Å². The maximum atomic E-state index is 13.3. The number of thioether (sulfide) groups is 1. The summed E-state index contributed by atoms with van der Waals surface area (Å²) in [4.78, 5) is 39.6. The van der Waals surface area contributed by atoms with Crippen LogP contribution in [-0.2, 0) is 15.8 Å². The van der Waals surface area contributed by atoms with Gasteiger partial charge in [-0.2, -0.15) is 13.2 Å². The lowest BCUT2D eigenvalue weighted by Crippen LogP contribution is -2.30. The maximum absolute atomic E-state index is 13.3. The van der Waals surface area contributed by atoms with Crippen LogP contribution in [0.4, 0.5) is 24.5 Å². The van der Waals surface area contributed by atoms with Crippen molar-refractivity contribution in [3.8, 4) is 0 Å². The first-order valence-electron chi connectivity index (χ1n) is 13.0. The van der Waals surface area contributed by atoms with E-state index >= 15 is 0 Å². The molecule has 44 heavy (non-hydrogen) atoms. The van der Waals surface area contributed by atoms with Crippen molar-refractivity contribution in [1.29, 1.82) is 0 Å². The quantitative estimate of drug-likeness (QED) is 0.124. The van der Waals surface area contributed by atoms with Crippen molar-refractivity contribution >= 4 is 70.1 Å². The van der Waals surface area contributed by atoms with Crippen LogP contribution in [-0.4, -0.2) is 23.0 Å². The topological polar surface area (TPSA) is 87.3 Å². The second kappa shape index (κ2) is 14.5. The van der Waals surface area contributed by atoms with Gasteiger partial charge in [0.15, 0.2) is 0 Å². The molecule has 226 valence electrons. The summed E-state index contributed by atoms with van der Waals surface area (Å²) in [7, 11) is 0. The molecule has 0 saturated carbocycles. The summed E-state index contributed by atoms with van der Waals surface area (Å²) in [6.45, 7) is 1.58. The van der Waals surface area contributed by atoms with Crippen LogP contribution >= 0.6 is 35.0 Å². The van der Waals surface area contributed by atoms with Crippen LogP contribution in [0.5, 0.6) is 0 Å². The Bertz CT molecular complexity index is 1700. The summed E-state index contributed by atoms with van der Waals surface area (Å²) < 4.78 is 39.3. The van der Waals surface area contributed by atoms with Crippen LogP contribution < -0.4 is 16.0 Å². The molecule has 0 aromatic heterocycles. The number of halogens is 5. The first-order chi connectivity index (χ1) is 20.9. The number of carbonyl (C=O) groups is 3. The lowest BCUT2D eigenvalue weighted by Gasteiger charge is -2.15. The van der Waals surface area contributed by atoms with Crippen molar-refractivity contribution in [1.82, 2.24) is 5.32 Å². The summed E-state index contributed by atoms with van der Waals surface area (Å²) in [5.74, 6) is -1.65. The first kappa shape index (κ1) is 32.7. The zero-order chi connectivity index (χ0) is 31.9. The van der Waals surface area contributed by atoms with Gasteiger partial charge in [0.25, 0.3) is 11.8 Å². The summed E-state index contributed by atoms with van der Waals surface area (Å²) in [5, 5.41) is 7.60. The molecule has 0 radical (unpaired) electrons. The average molecular weight is 659 g/mol. The van der Waals surface area contributed by atoms with E-state index in [0.29, 0.717) is 26.7 Å². The number of hydrogen-bond acceptors (Lipinski definition) is 4. The minimum absolute atomic E-state index is 0.0232. The predicted molar refractivity (Wildman–Crippen MR) is 169 cm³/mol. The Labute approximate surface area is 265 Å². The van der Waals surface area contributed by atoms with E-state index in [1.165, 1.54) is 6.08 Å². The van der Waals surface area contributed by atoms with Gasteiger partial charge < -0.3 is 16.0 Å². The standard InChI is InChI=1S/C32H24Cl2F3N3O3S/c1-19(29(41)39-27-17-22(32(35,36)37)12-15-26(27)34)44-25-9-5-8-24(18-25)38-31(43)28(16-20-10-13-23(33)14-11-20)40-30(42)21-6-3-2-4-7-21/h2-19H,1H3,(H,38,43)(H,39,41)(H,40,42)/b28-16-. The third-order valence-corrected chi connectivity index (χ3v) is 7.71. The van der Waals surface area contributed by atoms with Gasteiger partial charge in [-0.15, -0.1) is 11.8 Å². The van der Waals surface area contributed by atoms with E-state index < -0.39 is 34.7 Å². The molecule has 4 aromatic rings. The van der Waals surface area contributed by atoms with Crippen LogP contribution in [0.1, 0.15) is 28.4 Å². The first-order valence-corrected chi connectivity index (χ1v) is 14.6. The summed E-state index contributed by atoms with van der Waals surface area (Å²) in [6.07, 6.45) is -3.08. The largest absolute Gasteiger partial charge is 0.416 e. The smallest absolute Gasteiger partial charge is 0.324 e. The number of carbonyl (C=O) groups excluding carboxylic acids is 3. The molecule has 4 aromatic carbocycles. The molecular weight excluding hydrogens is 634 g/mol. The molecule has 3 N–H and O–H groups in total. The molecule has 3 amide bonds. The zero-order valence-corrected chi connectivity index (χ0v) is 25.2. The molecule has 0 saturated heterocycles. The van der Waals surface area contributed by atoms with E-state index in [-0.39, 0.29) is 16.4 Å². The Morgan fingerprint density at radius 2 is 1.55 bits per heavy atom. The van der Waals surface area contributed by atoms with Gasteiger partial charge >= 0.3 is 6.18 Å². The maximum Gasteiger partial charge on any atom is 0.416 e. The number of alkyl halides is 3. The Morgan fingerprint density at radius 1 is 0.841 bits per heavy atom. The predicted octanol–water partition coefficient (Wildman–Crippen LogP) is 8.54. The normalized spacial score (nSPS) is 12.3. The van der Waals surface area contributed by atoms with Crippen LogP contribution in [0.2, 0.25) is 10.0 Å². The van der Waals surface area contributed by atoms with Gasteiger partial charge in [-0.1, -0.05) is 59.6 Å². The van der Waals surface area contributed by atoms with Crippen molar-refractivity contribution in [3.05, 3.63) is 129 Å². The summed E-state index contributed by atoms with van der Waals surface area (Å²) in [6, 6.07) is 24.4. The van der Waals surface area contributed by atoms with Crippen LogP contribution in [0.25, 0.3) is 6.08 Å². The lowest BCUT2D eigenvalue weighted by molar-refractivity contribution is -0.137. The number of benzene rings is 4. The van der Waals surface area contributed by atoms with E-state index in [4.69, 9.17) is 23.2 Å².